The van der Waals surface area contributed by atoms with Crippen LogP contribution in [0.5, 0.6) is 11.5 Å². The number of aryl methyl sites for hydroxylation is 1. The maximum absolute atomic E-state index is 11.9. The molecule has 0 aliphatic rings. The predicted molar refractivity (Wildman–Crippen MR) is 95.8 cm³/mol. The van der Waals surface area contributed by atoms with Crippen LogP contribution in [0.15, 0.2) is 42.5 Å². The van der Waals surface area contributed by atoms with E-state index in [9.17, 15) is 9.59 Å². The Morgan fingerprint density at radius 2 is 1.72 bits per heavy atom. The van der Waals surface area contributed by atoms with Crippen molar-refractivity contribution in [2.24, 2.45) is 0 Å². The number of rotatable bonds is 7. The monoisotopic (exact) mass is 342 g/mol. The number of carbonyl (C=O) groups excluding carboxylic acids is 2. The van der Waals surface area contributed by atoms with Gasteiger partial charge in [-0.1, -0.05) is 18.2 Å². The molecule has 0 radical (unpaired) electrons. The molecule has 25 heavy (non-hydrogen) atoms. The molecule has 6 heteroatoms. The van der Waals surface area contributed by atoms with Crippen molar-refractivity contribution >= 4 is 17.5 Å². The van der Waals surface area contributed by atoms with Crippen molar-refractivity contribution in [2.45, 2.75) is 19.9 Å². The van der Waals surface area contributed by atoms with E-state index in [0.717, 1.165) is 11.1 Å². The minimum Gasteiger partial charge on any atom is -0.493 e. The zero-order valence-electron chi connectivity index (χ0n) is 14.6. The highest BCUT2D eigenvalue weighted by molar-refractivity contribution is 6.03. The van der Waals surface area contributed by atoms with Crippen molar-refractivity contribution < 1.29 is 19.1 Å². The summed E-state index contributed by atoms with van der Waals surface area (Å²) in [6, 6.07) is 12.8. The van der Waals surface area contributed by atoms with Gasteiger partial charge >= 0.3 is 0 Å². The Bertz CT molecular complexity index is 759. The van der Waals surface area contributed by atoms with Crippen molar-refractivity contribution in [3.63, 3.8) is 0 Å². The lowest BCUT2D eigenvalue weighted by Gasteiger charge is -2.10. The van der Waals surface area contributed by atoms with Crippen LogP contribution in [0.25, 0.3) is 0 Å². The van der Waals surface area contributed by atoms with E-state index in [2.05, 4.69) is 10.6 Å². The third-order valence-corrected chi connectivity index (χ3v) is 3.56. The second kappa shape index (κ2) is 8.73. The van der Waals surface area contributed by atoms with Gasteiger partial charge in [0, 0.05) is 12.2 Å². The number of methoxy groups -OCH3 is 2. The summed E-state index contributed by atoms with van der Waals surface area (Å²) < 4.78 is 10.4. The average molecular weight is 342 g/mol. The van der Waals surface area contributed by atoms with Gasteiger partial charge in [-0.15, -0.1) is 0 Å². The lowest BCUT2D eigenvalue weighted by atomic mass is 10.2. The third kappa shape index (κ3) is 5.53. The first-order valence-corrected chi connectivity index (χ1v) is 7.86. The molecule has 0 saturated heterocycles. The van der Waals surface area contributed by atoms with Crippen molar-refractivity contribution in [1.82, 2.24) is 5.32 Å². The van der Waals surface area contributed by atoms with Gasteiger partial charge in [-0.2, -0.15) is 0 Å². The summed E-state index contributed by atoms with van der Waals surface area (Å²) in [5, 5.41) is 5.43. The first kappa shape index (κ1) is 18.3. The molecule has 2 aromatic carbocycles. The van der Waals surface area contributed by atoms with Gasteiger partial charge < -0.3 is 20.1 Å². The van der Waals surface area contributed by atoms with Crippen LogP contribution < -0.4 is 20.1 Å². The van der Waals surface area contributed by atoms with Crippen molar-refractivity contribution in [3.05, 3.63) is 53.6 Å². The molecule has 6 nitrogen and oxygen atoms in total. The molecule has 0 unspecified atom stereocenters. The van der Waals surface area contributed by atoms with E-state index >= 15 is 0 Å². The highest BCUT2D eigenvalue weighted by Gasteiger charge is 2.10. The molecule has 0 aromatic heterocycles. The van der Waals surface area contributed by atoms with Gasteiger partial charge in [-0.25, -0.2) is 0 Å². The zero-order chi connectivity index (χ0) is 18.2. The third-order valence-electron chi connectivity index (χ3n) is 3.56. The standard InChI is InChI=1S/C19H22N2O4/c1-13-5-4-6-15(9-13)21-19(23)11-18(22)20-12-14-7-8-16(24-2)17(10-14)25-3/h4-10H,11-12H2,1-3H3,(H,20,22)(H,21,23). The van der Waals surface area contributed by atoms with Crippen LogP contribution in [0, 0.1) is 6.92 Å². The highest BCUT2D eigenvalue weighted by Crippen LogP contribution is 2.27. The van der Waals surface area contributed by atoms with Gasteiger partial charge in [0.25, 0.3) is 0 Å². The number of nitrogens with one attached hydrogen (secondary N) is 2. The second-order valence-corrected chi connectivity index (χ2v) is 5.56. The fourth-order valence-corrected chi connectivity index (χ4v) is 2.33. The lowest BCUT2D eigenvalue weighted by molar-refractivity contribution is -0.126. The molecule has 2 amide bonds. The molecule has 0 bridgehead atoms. The van der Waals surface area contributed by atoms with E-state index in [4.69, 9.17) is 9.47 Å². The first-order chi connectivity index (χ1) is 12.0. The topological polar surface area (TPSA) is 76.7 Å². The number of hydrogen-bond acceptors (Lipinski definition) is 4. The normalized spacial score (nSPS) is 10.0. The molecule has 0 heterocycles. The number of carbonyl (C=O) groups is 2. The van der Waals surface area contributed by atoms with Crippen molar-refractivity contribution in [1.29, 1.82) is 0 Å². The molecule has 0 aliphatic heterocycles. The minimum absolute atomic E-state index is 0.235. The van der Waals surface area contributed by atoms with E-state index in [-0.39, 0.29) is 18.2 Å². The van der Waals surface area contributed by atoms with Crippen LogP contribution in [0.3, 0.4) is 0 Å². The molecule has 2 aromatic rings. The molecule has 0 atom stereocenters. The van der Waals surface area contributed by atoms with E-state index in [0.29, 0.717) is 23.7 Å². The summed E-state index contributed by atoms with van der Waals surface area (Å²) in [4.78, 5) is 23.9. The van der Waals surface area contributed by atoms with Crippen LogP contribution >= 0.6 is 0 Å². The van der Waals surface area contributed by atoms with Gasteiger partial charge in [0.1, 0.15) is 6.42 Å². The number of anilines is 1. The Morgan fingerprint density at radius 3 is 2.40 bits per heavy atom. The van der Waals surface area contributed by atoms with Gasteiger partial charge in [0.2, 0.25) is 11.8 Å². The van der Waals surface area contributed by atoms with E-state index in [1.54, 1.807) is 32.4 Å². The molecular formula is C19H22N2O4. The number of amides is 2. The molecule has 0 saturated carbocycles. The second-order valence-electron chi connectivity index (χ2n) is 5.56. The van der Waals surface area contributed by atoms with Gasteiger partial charge in [-0.3, -0.25) is 9.59 Å². The average Bonchev–Trinajstić information content (AvgIpc) is 2.59. The van der Waals surface area contributed by atoms with Crippen LogP contribution in [-0.2, 0) is 16.1 Å². The SMILES string of the molecule is COc1ccc(CNC(=O)CC(=O)Nc2cccc(C)c2)cc1OC. The Labute approximate surface area is 147 Å². The quantitative estimate of drug-likeness (QED) is 0.759. The smallest absolute Gasteiger partial charge is 0.233 e. The maximum atomic E-state index is 11.9. The van der Waals surface area contributed by atoms with E-state index in [1.807, 2.05) is 31.2 Å². The Kier molecular flexibility index (Phi) is 6.39. The summed E-state index contributed by atoms with van der Waals surface area (Å²) in [7, 11) is 3.11. The largest absolute Gasteiger partial charge is 0.493 e. The number of ether oxygens (including phenoxy) is 2. The Morgan fingerprint density at radius 1 is 0.960 bits per heavy atom. The molecule has 0 aliphatic carbocycles. The van der Waals surface area contributed by atoms with Crippen LogP contribution in [-0.4, -0.2) is 26.0 Å². The molecule has 0 spiro atoms. The van der Waals surface area contributed by atoms with Crippen LogP contribution in [0.2, 0.25) is 0 Å². The Balaban J connectivity index is 1.85. The maximum Gasteiger partial charge on any atom is 0.233 e. The van der Waals surface area contributed by atoms with Crippen molar-refractivity contribution in [3.8, 4) is 11.5 Å². The van der Waals surface area contributed by atoms with Gasteiger partial charge in [0.15, 0.2) is 11.5 Å². The summed E-state index contributed by atoms with van der Waals surface area (Å²) in [6.07, 6.45) is -0.235. The summed E-state index contributed by atoms with van der Waals surface area (Å²) in [5.74, 6) is 0.511. The number of hydrogen-bond donors (Lipinski definition) is 2. The summed E-state index contributed by atoms with van der Waals surface area (Å²) in [5.41, 5.74) is 2.57. The summed E-state index contributed by atoms with van der Waals surface area (Å²) in [6.45, 7) is 2.24. The molecular weight excluding hydrogens is 320 g/mol. The van der Waals surface area contributed by atoms with Crippen LogP contribution in [0.4, 0.5) is 5.69 Å². The molecule has 0 fully saturated rings. The predicted octanol–water partition coefficient (Wildman–Crippen LogP) is 2.66. The molecule has 2 rings (SSSR count). The van der Waals surface area contributed by atoms with Crippen LogP contribution in [0.1, 0.15) is 17.5 Å². The fraction of sp³-hybridized carbons (Fsp3) is 0.263. The Hall–Kier alpha value is -3.02. The van der Waals surface area contributed by atoms with E-state index < -0.39 is 0 Å². The zero-order valence-corrected chi connectivity index (χ0v) is 14.6. The minimum atomic E-state index is -0.351. The van der Waals surface area contributed by atoms with Gasteiger partial charge in [0.05, 0.1) is 14.2 Å². The van der Waals surface area contributed by atoms with Crippen molar-refractivity contribution in [2.75, 3.05) is 19.5 Å². The van der Waals surface area contributed by atoms with E-state index in [1.165, 1.54) is 0 Å². The fourth-order valence-electron chi connectivity index (χ4n) is 2.33. The summed E-state index contributed by atoms with van der Waals surface area (Å²) >= 11 is 0. The molecule has 132 valence electrons. The first-order valence-electron chi connectivity index (χ1n) is 7.86. The lowest BCUT2D eigenvalue weighted by Crippen LogP contribution is -2.27. The highest BCUT2D eigenvalue weighted by atomic mass is 16.5. The van der Waals surface area contributed by atoms with Gasteiger partial charge in [-0.05, 0) is 42.3 Å². The molecule has 2 N–H and O–H groups in total. The number of benzene rings is 2.